The van der Waals surface area contributed by atoms with E-state index in [1.165, 1.54) is 0 Å². The number of ether oxygens (including phenoxy) is 1. The number of hydrogen-bond donors (Lipinski definition) is 1. The topological polar surface area (TPSA) is 71.1 Å². The van der Waals surface area contributed by atoms with Crippen LogP contribution in [0.15, 0.2) is 42.9 Å². The monoisotopic (exact) mass is 364 g/mol. The molecule has 6 nitrogen and oxygen atoms in total. The second-order valence-electron chi connectivity index (χ2n) is 7.28. The fourth-order valence-corrected chi connectivity index (χ4v) is 3.72. The second-order valence-corrected chi connectivity index (χ2v) is 7.28. The Morgan fingerprint density at radius 2 is 2.19 bits per heavy atom. The zero-order valence-corrected chi connectivity index (χ0v) is 15.7. The first-order valence-electron chi connectivity index (χ1n) is 9.46. The number of nitrogens with zero attached hydrogens (tertiary/aromatic N) is 3. The van der Waals surface area contributed by atoms with Crippen molar-refractivity contribution in [1.29, 1.82) is 0 Å². The van der Waals surface area contributed by atoms with Gasteiger partial charge in [0, 0.05) is 30.8 Å². The minimum atomic E-state index is -0.0444. The predicted molar refractivity (Wildman–Crippen MR) is 105 cm³/mol. The Kier molecular flexibility index (Phi) is 4.79. The molecule has 4 rings (SSSR count). The number of hydrogen-bond acceptors (Lipinski definition) is 5. The smallest absolute Gasteiger partial charge is 0.167 e. The molecule has 0 radical (unpaired) electrons. The largest absolute Gasteiger partial charge is 0.491 e. The number of carbonyl (C=O) groups is 1. The van der Waals surface area contributed by atoms with Crippen LogP contribution in [0.2, 0.25) is 0 Å². The molecule has 6 heteroatoms. The summed E-state index contributed by atoms with van der Waals surface area (Å²) in [5.74, 6) is 1.77. The van der Waals surface area contributed by atoms with Gasteiger partial charge >= 0.3 is 0 Å². The highest BCUT2D eigenvalue weighted by Crippen LogP contribution is 2.29. The molecule has 0 aliphatic carbocycles. The zero-order valence-electron chi connectivity index (χ0n) is 15.7. The van der Waals surface area contributed by atoms with E-state index in [0.717, 1.165) is 47.6 Å². The molecule has 2 aromatic heterocycles. The van der Waals surface area contributed by atoms with E-state index in [4.69, 9.17) is 4.74 Å². The third kappa shape index (κ3) is 3.65. The average Bonchev–Trinajstić information content (AvgIpc) is 3.16. The normalized spacial score (nSPS) is 17.4. The maximum absolute atomic E-state index is 13.1. The van der Waals surface area contributed by atoms with Crippen molar-refractivity contribution in [2.45, 2.75) is 32.8 Å². The molecule has 3 heterocycles. The first-order chi connectivity index (χ1) is 13.1. The lowest BCUT2D eigenvalue weighted by molar-refractivity contribution is 0.0906. The van der Waals surface area contributed by atoms with Crippen molar-refractivity contribution in [1.82, 2.24) is 15.0 Å². The number of fused-ring (bicyclic) bond motifs is 1. The van der Waals surface area contributed by atoms with Crippen molar-refractivity contribution in [2.24, 2.45) is 5.92 Å². The summed E-state index contributed by atoms with van der Waals surface area (Å²) in [6.45, 7) is 5.54. The van der Waals surface area contributed by atoms with Gasteiger partial charge in [0.25, 0.3) is 0 Å². The van der Waals surface area contributed by atoms with Gasteiger partial charge in [-0.1, -0.05) is 12.1 Å². The SMILES string of the molecule is CC(C)Oc1cccc(C(=O)[C@@H]2CCCN(c3ncnc4[nH]ccc34)C2)c1. The van der Waals surface area contributed by atoms with Crippen molar-refractivity contribution < 1.29 is 9.53 Å². The maximum Gasteiger partial charge on any atom is 0.167 e. The van der Waals surface area contributed by atoms with Crippen LogP contribution in [0.4, 0.5) is 5.82 Å². The van der Waals surface area contributed by atoms with Gasteiger partial charge in [-0.05, 0) is 44.9 Å². The van der Waals surface area contributed by atoms with E-state index in [-0.39, 0.29) is 17.8 Å². The number of H-pyrrole nitrogens is 1. The zero-order chi connectivity index (χ0) is 18.8. The van der Waals surface area contributed by atoms with Gasteiger partial charge < -0.3 is 14.6 Å². The quantitative estimate of drug-likeness (QED) is 0.697. The van der Waals surface area contributed by atoms with Crippen LogP contribution in [0.5, 0.6) is 5.75 Å². The van der Waals surface area contributed by atoms with E-state index < -0.39 is 0 Å². The van der Waals surface area contributed by atoms with Crippen LogP contribution < -0.4 is 9.64 Å². The highest BCUT2D eigenvalue weighted by Gasteiger charge is 2.28. The van der Waals surface area contributed by atoms with E-state index in [0.29, 0.717) is 6.54 Å². The Morgan fingerprint density at radius 3 is 3.04 bits per heavy atom. The molecule has 1 N–H and O–H groups in total. The first-order valence-corrected chi connectivity index (χ1v) is 9.46. The summed E-state index contributed by atoms with van der Waals surface area (Å²) in [6.07, 6.45) is 5.39. The number of ketones is 1. The fourth-order valence-electron chi connectivity index (χ4n) is 3.72. The molecule has 0 saturated carbocycles. The third-order valence-electron chi connectivity index (χ3n) is 4.91. The van der Waals surface area contributed by atoms with Gasteiger partial charge in [0.2, 0.25) is 0 Å². The first kappa shape index (κ1) is 17.5. The van der Waals surface area contributed by atoms with Gasteiger partial charge in [0.1, 0.15) is 23.5 Å². The Hall–Kier alpha value is -2.89. The highest BCUT2D eigenvalue weighted by atomic mass is 16.5. The van der Waals surface area contributed by atoms with Crippen LogP contribution in [-0.2, 0) is 0 Å². The molecule has 1 aromatic carbocycles. The molecule has 0 amide bonds. The number of anilines is 1. The molecule has 0 bridgehead atoms. The lowest BCUT2D eigenvalue weighted by atomic mass is 9.90. The van der Waals surface area contributed by atoms with Crippen LogP contribution in [0.3, 0.4) is 0 Å². The number of piperidine rings is 1. The second kappa shape index (κ2) is 7.39. The standard InChI is InChI=1S/C21H24N4O2/c1-14(2)27-17-7-3-5-15(11-17)19(26)16-6-4-10-25(12-16)21-18-8-9-22-20(18)23-13-24-21/h3,5,7-9,11,13-14,16H,4,6,10,12H2,1-2H3,(H,22,23,24)/t16-/m1/s1. The molecular formula is C21H24N4O2. The molecule has 0 spiro atoms. The number of nitrogens with one attached hydrogen (secondary N) is 1. The van der Waals surface area contributed by atoms with Gasteiger partial charge in [-0.15, -0.1) is 0 Å². The number of aromatic nitrogens is 3. The molecule has 1 atom stereocenters. The highest BCUT2D eigenvalue weighted by molar-refractivity contribution is 5.99. The Balaban J connectivity index is 1.54. The van der Waals surface area contributed by atoms with E-state index in [2.05, 4.69) is 19.9 Å². The van der Waals surface area contributed by atoms with Crippen molar-refractivity contribution in [3.8, 4) is 5.75 Å². The van der Waals surface area contributed by atoms with Gasteiger partial charge in [0.05, 0.1) is 11.5 Å². The molecule has 140 valence electrons. The van der Waals surface area contributed by atoms with Crippen molar-refractivity contribution in [2.75, 3.05) is 18.0 Å². The summed E-state index contributed by atoms with van der Waals surface area (Å²) < 4.78 is 5.74. The van der Waals surface area contributed by atoms with Crippen molar-refractivity contribution in [3.63, 3.8) is 0 Å². The van der Waals surface area contributed by atoms with Crippen LogP contribution in [-0.4, -0.2) is 39.9 Å². The molecule has 27 heavy (non-hydrogen) atoms. The third-order valence-corrected chi connectivity index (χ3v) is 4.91. The van der Waals surface area contributed by atoms with Crippen molar-refractivity contribution in [3.05, 3.63) is 48.4 Å². The lowest BCUT2D eigenvalue weighted by Gasteiger charge is -2.33. The van der Waals surface area contributed by atoms with Gasteiger partial charge in [0.15, 0.2) is 5.78 Å². The lowest BCUT2D eigenvalue weighted by Crippen LogP contribution is -2.39. The van der Waals surface area contributed by atoms with Gasteiger partial charge in [-0.25, -0.2) is 9.97 Å². The molecule has 3 aromatic rings. The summed E-state index contributed by atoms with van der Waals surface area (Å²) in [5.41, 5.74) is 1.54. The maximum atomic E-state index is 13.1. The van der Waals surface area contributed by atoms with Crippen LogP contribution in [0.1, 0.15) is 37.0 Å². The van der Waals surface area contributed by atoms with Gasteiger partial charge in [-0.3, -0.25) is 4.79 Å². The van der Waals surface area contributed by atoms with E-state index >= 15 is 0 Å². The van der Waals surface area contributed by atoms with E-state index in [1.807, 2.05) is 50.4 Å². The molecule has 1 saturated heterocycles. The predicted octanol–water partition coefficient (Wildman–Crippen LogP) is 3.84. The molecule has 0 unspecified atom stereocenters. The minimum Gasteiger partial charge on any atom is -0.491 e. The van der Waals surface area contributed by atoms with Crippen molar-refractivity contribution >= 4 is 22.6 Å². The number of Topliss-reactive ketones (excluding diaryl/α,β-unsaturated/α-hetero) is 1. The molecule has 1 aliphatic rings. The van der Waals surface area contributed by atoms with Crippen LogP contribution in [0, 0.1) is 5.92 Å². The van der Waals surface area contributed by atoms with Crippen LogP contribution in [0.25, 0.3) is 11.0 Å². The summed E-state index contributed by atoms with van der Waals surface area (Å²) in [5, 5.41) is 0.998. The number of benzene rings is 1. The Labute approximate surface area is 158 Å². The summed E-state index contributed by atoms with van der Waals surface area (Å²) in [4.78, 5) is 27.2. The fraction of sp³-hybridized carbons (Fsp3) is 0.381. The minimum absolute atomic E-state index is 0.0444. The number of aromatic amines is 1. The number of carbonyl (C=O) groups excluding carboxylic acids is 1. The Bertz CT molecular complexity index is 950. The average molecular weight is 364 g/mol. The van der Waals surface area contributed by atoms with E-state index in [1.54, 1.807) is 6.33 Å². The molecule has 1 fully saturated rings. The molecule has 1 aliphatic heterocycles. The summed E-state index contributed by atoms with van der Waals surface area (Å²) >= 11 is 0. The molecular weight excluding hydrogens is 340 g/mol. The Morgan fingerprint density at radius 1 is 1.30 bits per heavy atom. The van der Waals surface area contributed by atoms with E-state index in [9.17, 15) is 4.79 Å². The summed E-state index contributed by atoms with van der Waals surface area (Å²) in [6, 6.07) is 9.51. The van der Waals surface area contributed by atoms with Gasteiger partial charge in [-0.2, -0.15) is 0 Å². The number of rotatable bonds is 5. The summed E-state index contributed by atoms with van der Waals surface area (Å²) in [7, 11) is 0. The van der Waals surface area contributed by atoms with Crippen LogP contribution >= 0.6 is 0 Å².